The fourth-order valence-corrected chi connectivity index (χ4v) is 2.60. The van der Waals surface area contributed by atoms with Crippen molar-refractivity contribution in [2.75, 3.05) is 6.61 Å². The zero-order valence-corrected chi connectivity index (χ0v) is 13.9. The van der Waals surface area contributed by atoms with Gasteiger partial charge in [0.05, 0.1) is 0 Å². The second kappa shape index (κ2) is 7.90. The molecule has 1 N–H and O–H groups in total. The molecule has 21 heavy (non-hydrogen) atoms. The SMILES string of the molecule is CC(=O)OC[C@H]1O[C@@H](O)[C@H](I)[C@@H](OC(C)=O)[C@H]1OC(C)=O. The molecule has 0 saturated carbocycles. The monoisotopic (exact) mass is 416 g/mol. The summed E-state index contributed by atoms with van der Waals surface area (Å²) in [5.74, 6) is -1.73. The van der Waals surface area contributed by atoms with Crippen molar-refractivity contribution < 1.29 is 38.4 Å². The van der Waals surface area contributed by atoms with Crippen LogP contribution in [0, 0.1) is 0 Å². The predicted octanol–water partition coefficient (Wildman–Crippen LogP) is -0.0663. The summed E-state index contributed by atoms with van der Waals surface area (Å²) in [5.41, 5.74) is 0. The number of aliphatic hydroxyl groups is 1. The van der Waals surface area contributed by atoms with Crippen molar-refractivity contribution in [3.05, 3.63) is 0 Å². The first kappa shape index (κ1) is 18.1. The van der Waals surface area contributed by atoms with Crippen LogP contribution in [0.5, 0.6) is 0 Å². The Bertz CT molecular complexity index is 412. The molecule has 1 fully saturated rings. The maximum atomic E-state index is 11.2. The Balaban J connectivity index is 2.94. The van der Waals surface area contributed by atoms with E-state index >= 15 is 0 Å². The predicted molar refractivity (Wildman–Crippen MR) is 76.4 cm³/mol. The van der Waals surface area contributed by atoms with Crippen LogP contribution in [0.15, 0.2) is 0 Å². The average Bonchev–Trinajstić information content (AvgIpc) is 2.35. The highest BCUT2D eigenvalue weighted by atomic mass is 127. The minimum Gasteiger partial charge on any atom is -0.463 e. The standard InChI is InChI=1S/C12H17IO8/c1-5(14)18-4-8-10(19-6(2)15)11(20-7(3)16)9(13)12(17)21-8/h8-12,17H,4H2,1-3H3/t8-,9-,10+,11-,12-/m1/s1. The first-order valence-corrected chi connectivity index (χ1v) is 7.42. The van der Waals surface area contributed by atoms with Crippen molar-refractivity contribution >= 4 is 40.5 Å². The number of hydrogen-bond donors (Lipinski definition) is 1. The summed E-state index contributed by atoms with van der Waals surface area (Å²) < 4.78 is 19.7. The molecule has 0 aliphatic carbocycles. The average molecular weight is 416 g/mol. The Morgan fingerprint density at radius 2 is 1.57 bits per heavy atom. The molecule has 0 aromatic rings. The van der Waals surface area contributed by atoms with Gasteiger partial charge in [-0.2, -0.15) is 0 Å². The Kier molecular flexibility index (Phi) is 6.81. The first-order valence-electron chi connectivity index (χ1n) is 6.17. The van der Waals surface area contributed by atoms with Crippen LogP contribution >= 0.6 is 22.6 Å². The highest BCUT2D eigenvalue weighted by Gasteiger charge is 2.48. The second-order valence-electron chi connectivity index (χ2n) is 4.46. The smallest absolute Gasteiger partial charge is 0.303 e. The molecule has 1 aliphatic rings. The molecule has 9 heteroatoms. The molecule has 0 spiro atoms. The van der Waals surface area contributed by atoms with Crippen LogP contribution in [0.3, 0.4) is 0 Å². The van der Waals surface area contributed by atoms with Crippen LogP contribution in [-0.4, -0.2) is 58.1 Å². The molecule has 0 unspecified atom stereocenters. The van der Waals surface area contributed by atoms with E-state index in [9.17, 15) is 19.5 Å². The van der Waals surface area contributed by atoms with Crippen molar-refractivity contribution in [1.82, 2.24) is 0 Å². The van der Waals surface area contributed by atoms with Crippen molar-refractivity contribution in [1.29, 1.82) is 0 Å². The maximum absolute atomic E-state index is 11.2. The molecule has 5 atom stereocenters. The lowest BCUT2D eigenvalue weighted by Gasteiger charge is -2.41. The molecule has 8 nitrogen and oxygen atoms in total. The summed E-state index contributed by atoms with van der Waals surface area (Å²) in [5, 5.41) is 9.85. The molecule has 1 rings (SSSR count). The molecule has 0 aromatic carbocycles. The lowest BCUT2D eigenvalue weighted by molar-refractivity contribution is -0.246. The van der Waals surface area contributed by atoms with Gasteiger partial charge in [0.15, 0.2) is 18.5 Å². The van der Waals surface area contributed by atoms with Crippen LogP contribution in [0.25, 0.3) is 0 Å². The van der Waals surface area contributed by atoms with Gasteiger partial charge in [-0.25, -0.2) is 0 Å². The van der Waals surface area contributed by atoms with Gasteiger partial charge in [0.25, 0.3) is 0 Å². The van der Waals surface area contributed by atoms with Gasteiger partial charge in [0.2, 0.25) is 0 Å². The summed E-state index contributed by atoms with van der Waals surface area (Å²) >= 11 is 1.84. The van der Waals surface area contributed by atoms with Crippen molar-refractivity contribution in [3.63, 3.8) is 0 Å². The maximum Gasteiger partial charge on any atom is 0.303 e. The van der Waals surface area contributed by atoms with E-state index in [4.69, 9.17) is 18.9 Å². The normalized spacial score (nSPS) is 32.1. The quantitative estimate of drug-likeness (QED) is 0.294. The van der Waals surface area contributed by atoms with Crippen LogP contribution in [-0.2, 0) is 33.3 Å². The molecule has 1 aliphatic heterocycles. The molecular weight excluding hydrogens is 399 g/mol. The summed E-state index contributed by atoms with van der Waals surface area (Å²) in [6, 6.07) is 0. The van der Waals surface area contributed by atoms with Gasteiger partial charge >= 0.3 is 17.9 Å². The number of rotatable bonds is 4. The third-order valence-corrected chi connectivity index (χ3v) is 3.97. The minimum absolute atomic E-state index is 0.231. The Morgan fingerprint density at radius 3 is 2.05 bits per heavy atom. The molecule has 0 radical (unpaired) electrons. The van der Waals surface area contributed by atoms with Gasteiger partial charge < -0.3 is 24.1 Å². The zero-order chi connectivity index (χ0) is 16.2. The van der Waals surface area contributed by atoms with E-state index in [1.54, 1.807) is 0 Å². The highest BCUT2D eigenvalue weighted by molar-refractivity contribution is 14.1. The number of hydrogen-bond acceptors (Lipinski definition) is 8. The van der Waals surface area contributed by atoms with E-state index in [2.05, 4.69) is 0 Å². The zero-order valence-electron chi connectivity index (χ0n) is 11.8. The topological polar surface area (TPSA) is 108 Å². The van der Waals surface area contributed by atoms with E-state index in [0.717, 1.165) is 0 Å². The molecule has 0 amide bonds. The number of esters is 3. The largest absolute Gasteiger partial charge is 0.463 e. The Labute approximate surface area is 135 Å². The van der Waals surface area contributed by atoms with Gasteiger partial charge in [-0.3, -0.25) is 14.4 Å². The molecule has 0 aromatic heterocycles. The van der Waals surface area contributed by atoms with Crippen molar-refractivity contribution in [2.45, 2.75) is 49.3 Å². The first-order chi connectivity index (χ1) is 9.72. The second-order valence-corrected chi connectivity index (χ2v) is 5.90. The van der Waals surface area contributed by atoms with Crippen LogP contribution in [0.1, 0.15) is 20.8 Å². The van der Waals surface area contributed by atoms with Crippen LogP contribution in [0.2, 0.25) is 0 Å². The number of alkyl halides is 1. The Morgan fingerprint density at radius 1 is 1.05 bits per heavy atom. The van der Waals surface area contributed by atoms with Crippen molar-refractivity contribution in [2.24, 2.45) is 0 Å². The summed E-state index contributed by atoms with van der Waals surface area (Å²) in [6.45, 7) is 3.38. The van der Waals surface area contributed by atoms with Gasteiger partial charge in [0.1, 0.15) is 16.6 Å². The fraction of sp³-hybridized carbons (Fsp3) is 0.750. The number of aliphatic hydroxyl groups excluding tert-OH is 1. The van der Waals surface area contributed by atoms with Gasteiger partial charge in [-0.1, -0.05) is 22.6 Å². The van der Waals surface area contributed by atoms with Crippen LogP contribution < -0.4 is 0 Å². The van der Waals surface area contributed by atoms with Crippen LogP contribution in [0.4, 0.5) is 0 Å². The van der Waals surface area contributed by atoms with E-state index < -0.39 is 46.4 Å². The molecule has 0 bridgehead atoms. The Hall–Kier alpha value is -0.940. The third kappa shape index (κ3) is 5.40. The van der Waals surface area contributed by atoms with Crippen molar-refractivity contribution in [3.8, 4) is 0 Å². The van der Waals surface area contributed by atoms with Gasteiger partial charge in [-0.05, 0) is 0 Å². The van der Waals surface area contributed by atoms with E-state index in [-0.39, 0.29) is 6.61 Å². The minimum atomic E-state index is -1.25. The molecule has 1 heterocycles. The summed E-state index contributed by atoms with van der Waals surface area (Å²) in [6.07, 6.45) is -4.06. The molecular formula is C12H17IO8. The van der Waals surface area contributed by atoms with E-state index in [1.165, 1.54) is 20.8 Å². The molecule has 1 saturated heterocycles. The summed E-state index contributed by atoms with van der Waals surface area (Å²) in [4.78, 5) is 33.3. The third-order valence-electron chi connectivity index (χ3n) is 2.65. The van der Waals surface area contributed by atoms with E-state index in [1.807, 2.05) is 22.6 Å². The summed E-state index contributed by atoms with van der Waals surface area (Å²) in [7, 11) is 0. The lowest BCUT2D eigenvalue weighted by Crippen LogP contribution is -2.59. The fourth-order valence-electron chi connectivity index (χ4n) is 1.88. The number of carbonyl (C=O) groups is 3. The van der Waals surface area contributed by atoms with E-state index in [0.29, 0.717) is 0 Å². The lowest BCUT2D eigenvalue weighted by atomic mass is 10.0. The highest BCUT2D eigenvalue weighted by Crippen LogP contribution is 2.30. The molecule has 120 valence electrons. The number of carbonyl (C=O) groups excluding carboxylic acids is 3. The number of halogens is 1. The van der Waals surface area contributed by atoms with Gasteiger partial charge in [0, 0.05) is 20.8 Å². The van der Waals surface area contributed by atoms with Gasteiger partial charge in [-0.15, -0.1) is 0 Å². The number of ether oxygens (including phenoxy) is 4.